The third kappa shape index (κ3) is 4.48. The van der Waals surface area contributed by atoms with Gasteiger partial charge in [-0.2, -0.15) is 0 Å². The molecule has 176 valence electrons. The van der Waals surface area contributed by atoms with Gasteiger partial charge in [0.1, 0.15) is 0 Å². The maximum atomic E-state index is 12.8. The topological polar surface area (TPSA) is 77.6 Å². The van der Waals surface area contributed by atoms with Gasteiger partial charge in [0.2, 0.25) is 0 Å². The summed E-state index contributed by atoms with van der Waals surface area (Å²) in [6, 6.07) is 16.1. The van der Waals surface area contributed by atoms with Crippen molar-refractivity contribution in [3.8, 4) is 0 Å². The normalized spacial score (nSPS) is 16.5. The number of fused-ring (bicyclic) bond motifs is 2. The van der Waals surface area contributed by atoms with Crippen molar-refractivity contribution in [3.05, 3.63) is 65.4 Å². The SMILES string of the molecule is Cc1cc(NC(=O)C(=O)NC[C@H](c2ccc3c(c2)CCN3C)N2CCCC2)c2ccccc2n1. The van der Waals surface area contributed by atoms with Crippen LogP contribution in [-0.4, -0.2) is 54.9 Å². The molecule has 0 bridgehead atoms. The molecule has 1 saturated heterocycles. The Morgan fingerprint density at radius 2 is 1.82 bits per heavy atom. The molecular formula is C27H31N5O2. The lowest BCUT2D eigenvalue weighted by Crippen LogP contribution is -2.41. The van der Waals surface area contributed by atoms with Crippen LogP contribution in [0, 0.1) is 6.92 Å². The molecule has 1 atom stereocenters. The van der Waals surface area contributed by atoms with E-state index in [1.54, 1.807) is 6.07 Å². The minimum atomic E-state index is -0.661. The number of para-hydroxylation sites is 1. The molecule has 1 fully saturated rings. The van der Waals surface area contributed by atoms with E-state index < -0.39 is 11.8 Å². The largest absolute Gasteiger partial charge is 0.374 e. The number of aromatic nitrogens is 1. The van der Waals surface area contributed by atoms with Gasteiger partial charge in [-0.1, -0.05) is 30.3 Å². The summed E-state index contributed by atoms with van der Waals surface area (Å²) in [5, 5.41) is 6.50. The third-order valence-corrected chi connectivity index (χ3v) is 6.95. The number of likely N-dealkylation sites (N-methyl/N-ethyl adjacent to an activating group) is 1. The van der Waals surface area contributed by atoms with Crippen molar-refractivity contribution in [1.29, 1.82) is 0 Å². The van der Waals surface area contributed by atoms with E-state index in [9.17, 15) is 9.59 Å². The summed E-state index contributed by atoms with van der Waals surface area (Å²) in [7, 11) is 2.12. The number of nitrogens with one attached hydrogen (secondary N) is 2. The number of nitrogens with zero attached hydrogens (tertiary/aromatic N) is 3. The van der Waals surface area contributed by atoms with Gasteiger partial charge in [0.15, 0.2) is 0 Å². The standard InChI is InChI=1S/C27H31N5O2/c1-18-15-23(21-7-3-4-8-22(21)29-18)30-27(34)26(33)28-17-25(32-12-5-6-13-32)19-9-10-24-20(16-19)11-14-31(24)2/h3-4,7-10,15-16,25H,5-6,11-14,17H2,1-2H3,(H,28,33)(H,29,30,34)/t25-/m1/s1. The van der Waals surface area contributed by atoms with Gasteiger partial charge in [-0.25, -0.2) is 0 Å². The Labute approximate surface area is 200 Å². The Bertz CT molecular complexity index is 1230. The summed E-state index contributed by atoms with van der Waals surface area (Å²) < 4.78 is 0. The van der Waals surface area contributed by atoms with Gasteiger partial charge in [-0.15, -0.1) is 0 Å². The van der Waals surface area contributed by atoms with Crippen LogP contribution in [0.2, 0.25) is 0 Å². The number of amides is 2. The zero-order valence-electron chi connectivity index (χ0n) is 19.8. The van der Waals surface area contributed by atoms with Crippen molar-refractivity contribution in [1.82, 2.24) is 15.2 Å². The maximum absolute atomic E-state index is 12.8. The predicted octanol–water partition coefficient (Wildman–Crippen LogP) is 3.43. The second-order valence-electron chi connectivity index (χ2n) is 9.31. The minimum absolute atomic E-state index is 0.0551. The summed E-state index contributed by atoms with van der Waals surface area (Å²) in [5.74, 6) is -1.28. The van der Waals surface area contributed by atoms with Crippen molar-refractivity contribution >= 4 is 34.1 Å². The van der Waals surface area contributed by atoms with Crippen LogP contribution in [0.15, 0.2) is 48.5 Å². The quantitative estimate of drug-likeness (QED) is 0.574. The highest BCUT2D eigenvalue weighted by atomic mass is 16.2. The molecule has 7 heteroatoms. The van der Waals surface area contributed by atoms with Gasteiger partial charge in [-0.3, -0.25) is 19.5 Å². The first kappa shape index (κ1) is 22.3. The molecule has 0 radical (unpaired) electrons. The lowest BCUT2D eigenvalue weighted by molar-refractivity contribution is -0.136. The molecule has 2 N–H and O–H groups in total. The fourth-order valence-electron chi connectivity index (χ4n) is 5.16. The fraction of sp³-hybridized carbons (Fsp3) is 0.370. The maximum Gasteiger partial charge on any atom is 0.313 e. The average Bonchev–Trinajstić information content (AvgIpc) is 3.49. The van der Waals surface area contributed by atoms with Crippen molar-refractivity contribution in [3.63, 3.8) is 0 Å². The van der Waals surface area contributed by atoms with E-state index in [4.69, 9.17) is 0 Å². The number of anilines is 2. The van der Waals surface area contributed by atoms with Crippen molar-refractivity contribution in [2.75, 3.05) is 43.4 Å². The monoisotopic (exact) mass is 457 g/mol. The van der Waals surface area contributed by atoms with Crippen LogP contribution in [0.1, 0.15) is 35.7 Å². The van der Waals surface area contributed by atoms with Crippen LogP contribution in [0.3, 0.4) is 0 Å². The highest BCUT2D eigenvalue weighted by Crippen LogP contribution is 2.32. The summed E-state index contributed by atoms with van der Waals surface area (Å²) in [6.45, 7) is 5.32. The van der Waals surface area contributed by atoms with E-state index in [-0.39, 0.29) is 6.04 Å². The van der Waals surface area contributed by atoms with E-state index >= 15 is 0 Å². The van der Waals surface area contributed by atoms with Gasteiger partial charge in [0.05, 0.1) is 17.2 Å². The highest BCUT2D eigenvalue weighted by molar-refractivity contribution is 6.40. The number of benzene rings is 2. The molecule has 3 heterocycles. The second-order valence-corrected chi connectivity index (χ2v) is 9.31. The van der Waals surface area contributed by atoms with Gasteiger partial charge < -0.3 is 15.5 Å². The third-order valence-electron chi connectivity index (χ3n) is 6.95. The summed E-state index contributed by atoms with van der Waals surface area (Å²) in [4.78, 5) is 34.7. The lowest BCUT2D eigenvalue weighted by atomic mass is 10.0. The zero-order chi connectivity index (χ0) is 23.7. The van der Waals surface area contributed by atoms with E-state index in [2.05, 4.69) is 50.7 Å². The van der Waals surface area contributed by atoms with Gasteiger partial charge in [-0.05, 0) is 68.6 Å². The Balaban J connectivity index is 1.30. The Kier molecular flexibility index (Phi) is 6.20. The number of hydrogen-bond acceptors (Lipinski definition) is 5. The molecule has 7 nitrogen and oxygen atoms in total. The van der Waals surface area contributed by atoms with E-state index in [1.807, 2.05) is 31.2 Å². The van der Waals surface area contributed by atoms with Crippen molar-refractivity contribution in [2.24, 2.45) is 0 Å². The first-order valence-electron chi connectivity index (χ1n) is 12.0. The van der Waals surface area contributed by atoms with Crippen LogP contribution in [0.4, 0.5) is 11.4 Å². The van der Waals surface area contributed by atoms with Gasteiger partial charge in [0, 0.05) is 36.9 Å². The van der Waals surface area contributed by atoms with Gasteiger partial charge in [0.25, 0.3) is 0 Å². The smallest absolute Gasteiger partial charge is 0.313 e. The highest BCUT2D eigenvalue weighted by Gasteiger charge is 2.27. The lowest BCUT2D eigenvalue weighted by Gasteiger charge is -2.28. The Morgan fingerprint density at radius 1 is 1.03 bits per heavy atom. The number of carbonyl (C=O) groups excluding carboxylic acids is 2. The average molecular weight is 458 g/mol. The molecule has 1 aromatic heterocycles. The van der Waals surface area contributed by atoms with E-state index in [0.717, 1.165) is 55.5 Å². The van der Waals surface area contributed by atoms with Crippen molar-refractivity contribution in [2.45, 2.75) is 32.2 Å². The number of aryl methyl sites for hydroxylation is 1. The second kappa shape index (κ2) is 9.43. The van der Waals surface area contributed by atoms with E-state index in [1.165, 1.54) is 16.8 Å². The molecule has 3 aromatic rings. The number of hydrogen-bond donors (Lipinski definition) is 2. The number of pyridine rings is 1. The molecule has 2 amide bonds. The first-order chi connectivity index (χ1) is 16.5. The van der Waals surface area contributed by atoms with Crippen LogP contribution in [0.5, 0.6) is 0 Å². The van der Waals surface area contributed by atoms with E-state index in [0.29, 0.717) is 12.2 Å². The molecule has 2 aliphatic rings. The summed E-state index contributed by atoms with van der Waals surface area (Å²) >= 11 is 0. The molecule has 0 spiro atoms. The number of carbonyl (C=O) groups is 2. The summed E-state index contributed by atoms with van der Waals surface area (Å²) in [5.41, 5.74) is 6.01. The number of likely N-dealkylation sites (tertiary alicyclic amines) is 1. The Morgan fingerprint density at radius 3 is 2.65 bits per heavy atom. The number of rotatable bonds is 5. The predicted molar refractivity (Wildman–Crippen MR) is 135 cm³/mol. The molecule has 0 aliphatic carbocycles. The van der Waals surface area contributed by atoms with Crippen LogP contribution < -0.4 is 15.5 Å². The molecule has 2 aliphatic heterocycles. The minimum Gasteiger partial charge on any atom is -0.374 e. The molecule has 0 unspecified atom stereocenters. The molecule has 2 aromatic carbocycles. The molecule has 5 rings (SSSR count). The van der Waals surface area contributed by atoms with Crippen LogP contribution >= 0.6 is 0 Å². The molecule has 34 heavy (non-hydrogen) atoms. The fourth-order valence-corrected chi connectivity index (χ4v) is 5.16. The van der Waals surface area contributed by atoms with Crippen LogP contribution in [0.25, 0.3) is 10.9 Å². The molecular weight excluding hydrogens is 426 g/mol. The zero-order valence-corrected chi connectivity index (χ0v) is 19.8. The Hall–Kier alpha value is -3.45. The van der Waals surface area contributed by atoms with Crippen LogP contribution in [-0.2, 0) is 16.0 Å². The van der Waals surface area contributed by atoms with Gasteiger partial charge >= 0.3 is 11.8 Å². The van der Waals surface area contributed by atoms with Crippen molar-refractivity contribution < 1.29 is 9.59 Å². The first-order valence-corrected chi connectivity index (χ1v) is 12.0. The molecule has 0 saturated carbocycles. The summed E-state index contributed by atoms with van der Waals surface area (Å²) in [6.07, 6.45) is 3.36.